The lowest BCUT2D eigenvalue weighted by Crippen LogP contribution is -2.49. The lowest BCUT2D eigenvalue weighted by Gasteiger charge is -2.35. The molecule has 2 aliphatic heterocycles. The molecule has 2 aliphatic rings. The summed E-state index contributed by atoms with van der Waals surface area (Å²) in [6, 6.07) is 6.54. The molecule has 8 heteroatoms. The van der Waals surface area contributed by atoms with E-state index in [-0.39, 0.29) is 22.7 Å². The second kappa shape index (κ2) is 8.00. The van der Waals surface area contributed by atoms with Crippen LogP contribution in [0, 0.1) is 0 Å². The number of rotatable bonds is 4. The second-order valence-electron chi connectivity index (χ2n) is 6.31. The quantitative estimate of drug-likeness (QED) is 0.736. The van der Waals surface area contributed by atoms with Gasteiger partial charge in [-0.25, -0.2) is 4.79 Å². The topological polar surface area (TPSA) is 76.2 Å². The number of methoxy groups -OCH3 is 1. The van der Waals surface area contributed by atoms with Crippen LogP contribution in [0.25, 0.3) is 5.57 Å². The third-order valence-corrected chi connectivity index (χ3v) is 5.14. The van der Waals surface area contributed by atoms with Crippen molar-refractivity contribution in [2.75, 3.05) is 26.8 Å². The summed E-state index contributed by atoms with van der Waals surface area (Å²) in [7, 11) is 1.55. The summed E-state index contributed by atoms with van der Waals surface area (Å²) < 4.78 is 10.1. The Balaban J connectivity index is 1.73. The summed E-state index contributed by atoms with van der Waals surface area (Å²) in [5.41, 5.74) is 0.780. The van der Waals surface area contributed by atoms with Crippen molar-refractivity contribution < 1.29 is 23.9 Å². The van der Waals surface area contributed by atoms with E-state index in [1.807, 2.05) is 0 Å². The van der Waals surface area contributed by atoms with E-state index in [0.29, 0.717) is 43.9 Å². The van der Waals surface area contributed by atoms with Crippen molar-refractivity contribution in [2.24, 2.45) is 0 Å². The van der Waals surface area contributed by atoms with Crippen molar-refractivity contribution >= 4 is 35.1 Å². The van der Waals surface area contributed by atoms with Gasteiger partial charge in [0.05, 0.1) is 19.3 Å². The highest BCUT2D eigenvalue weighted by Gasteiger charge is 2.43. The fourth-order valence-corrected chi connectivity index (χ4v) is 3.66. The Hall–Kier alpha value is -2.54. The number of halogens is 1. The Bertz CT molecular complexity index is 782. The van der Waals surface area contributed by atoms with E-state index >= 15 is 0 Å². The zero-order chi connectivity index (χ0) is 19.6. The molecule has 2 heterocycles. The number of amides is 3. The number of likely N-dealkylation sites (tertiary alicyclic amines) is 1. The summed E-state index contributed by atoms with van der Waals surface area (Å²) in [6.07, 6.45) is 0.622. The van der Waals surface area contributed by atoms with Gasteiger partial charge in [-0.15, -0.1) is 0 Å². The van der Waals surface area contributed by atoms with Gasteiger partial charge in [-0.05, 0) is 37.5 Å². The molecular formula is C19H21ClN2O5. The number of nitrogens with zero attached hydrogens (tertiary/aromatic N) is 2. The van der Waals surface area contributed by atoms with E-state index in [9.17, 15) is 14.4 Å². The van der Waals surface area contributed by atoms with Gasteiger partial charge in [0.15, 0.2) is 0 Å². The van der Waals surface area contributed by atoms with Gasteiger partial charge in [-0.3, -0.25) is 14.5 Å². The molecule has 0 bridgehead atoms. The van der Waals surface area contributed by atoms with Crippen LogP contribution in [-0.4, -0.2) is 60.6 Å². The summed E-state index contributed by atoms with van der Waals surface area (Å²) in [5, 5.41) is -0.0713. The molecule has 144 valence electrons. The minimum absolute atomic E-state index is 0.0713. The number of hydrogen-bond donors (Lipinski definition) is 0. The molecule has 1 aromatic rings. The van der Waals surface area contributed by atoms with Gasteiger partial charge in [0, 0.05) is 19.1 Å². The predicted octanol–water partition coefficient (Wildman–Crippen LogP) is 2.63. The Kier molecular flexibility index (Phi) is 5.70. The predicted molar refractivity (Wildman–Crippen MR) is 99.2 cm³/mol. The van der Waals surface area contributed by atoms with Crippen molar-refractivity contribution in [2.45, 2.75) is 25.8 Å². The van der Waals surface area contributed by atoms with Crippen LogP contribution in [0.2, 0.25) is 0 Å². The summed E-state index contributed by atoms with van der Waals surface area (Å²) in [5.74, 6) is -0.234. The highest BCUT2D eigenvalue weighted by Crippen LogP contribution is 2.35. The highest BCUT2D eigenvalue weighted by molar-refractivity contribution is 6.55. The molecule has 1 fully saturated rings. The standard InChI is InChI=1S/C19H21ClN2O5/c1-3-27-19(25)21-10-8-13(9-11-21)22-17(23)15(16(20)18(22)24)12-4-6-14(26-2)7-5-12/h4-7,13H,3,8-11H2,1-2H3. The molecule has 1 aromatic carbocycles. The number of benzene rings is 1. The van der Waals surface area contributed by atoms with Gasteiger partial charge in [0.1, 0.15) is 10.8 Å². The number of hydrogen-bond acceptors (Lipinski definition) is 5. The molecule has 0 aromatic heterocycles. The average Bonchev–Trinajstić information content (AvgIpc) is 2.91. The van der Waals surface area contributed by atoms with Crippen molar-refractivity contribution in [3.63, 3.8) is 0 Å². The molecule has 0 radical (unpaired) electrons. The normalized spacial score (nSPS) is 18.3. The lowest BCUT2D eigenvalue weighted by molar-refractivity contribution is -0.140. The van der Waals surface area contributed by atoms with E-state index in [2.05, 4.69) is 0 Å². The van der Waals surface area contributed by atoms with Crippen LogP contribution in [-0.2, 0) is 14.3 Å². The molecule has 3 rings (SSSR count). The number of ether oxygens (including phenoxy) is 2. The lowest BCUT2D eigenvalue weighted by atomic mass is 10.0. The van der Waals surface area contributed by atoms with Gasteiger partial charge in [0.25, 0.3) is 11.8 Å². The first-order chi connectivity index (χ1) is 13.0. The van der Waals surface area contributed by atoms with Crippen LogP contribution in [0.4, 0.5) is 4.79 Å². The van der Waals surface area contributed by atoms with Crippen LogP contribution >= 0.6 is 11.6 Å². The summed E-state index contributed by atoms with van der Waals surface area (Å²) in [6.45, 7) is 2.92. The van der Waals surface area contributed by atoms with E-state index in [1.165, 1.54) is 4.90 Å². The van der Waals surface area contributed by atoms with E-state index in [1.54, 1.807) is 43.2 Å². The zero-order valence-electron chi connectivity index (χ0n) is 15.2. The van der Waals surface area contributed by atoms with Gasteiger partial charge in [0.2, 0.25) is 0 Å². The first-order valence-corrected chi connectivity index (χ1v) is 9.19. The van der Waals surface area contributed by atoms with Crippen LogP contribution < -0.4 is 4.74 Å². The minimum Gasteiger partial charge on any atom is -0.497 e. The molecule has 0 aliphatic carbocycles. The Morgan fingerprint density at radius 3 is 2.33 bits per heavy atom. The summed E-state index contributed by atoms with van der Waals surface area (Å²) in [4.78, 5) is 40.2. The summed E-state index contributed by atoms with van der Waals surface area (Å²) >= 11 is 6.22. The highest BCUT2D eigenvalue weighted by atomic mass is 35.5. The number of carbonyl (C=O) groups excluding carboxylic acids is 3. The molecule has 1 saturated heterocycles. The number of imide groups is 1. The third kappa shape index (κ3) is 3.64. The molecule has 27 heavy (non-hydrogen) atoms. The third-order valence-electron chi connectivity index (χ3n) is 4.79. The van der Waals surface area contributed by atoms with Crippen molar-refractivity contribution in [3.05, 3.63) is 34.9 Å². The molecule has 3 amide bonds. The zero-order valence-corrected chi connectivity index (χ0v) is 16.0. The van der Waals surface area contributed by atoms with Crippen LogP contribution in [0.1, 0.15) is 25.3 Å². The molecule has 0 N–H and O–H groups in total. The van der Waals surface area contributed by atoms with E-state index in [4.69, 9.17) is 21.1 Å². The molecule has 0 atom stereocenters. The van der Waals surface area contributed by atoms with Crippen molar-refractivity contribution in [1.29, 1.82) is 0 Å². The first-order valence-electron chi connectivity index (χ1n) is 8.81. The molecule has 0 unspecified atom stereocenters. The van der Waals surface area contributed by atoms with Crippen molar-refractivity contribution in [3.8, 4) is 5.75 Å². The minimum atomic E-state index is -0.484. The largest absolute Gasteiger partial charge is 0.497 e. The Morgan fingerprint density at radius 2 is 1.78 bits per heavy atom. The molecule has 0 spiro atoms. The SMILES string of the molecule is CCOC(=O)N1CCC(N2C(=O)C(Cl)=C(c3ccc(OC)cc3)C2=O)CC1. The fraction of sp³-hybridized carbons (Fsp3) is 0.421. The first kappa shape index (κ1) is 19.2. The van der Waals surface area contributed by atoms with Crippen molar-refractivity contribution in [1.82, 2.24) is 9.80 Å². The maximum Gasteiger partial charge on any atom is 0.409 e. The van der Waals surface area contributed by atoms with Crippen LogP contribution in [0.5, 0.6) is 5.75 Å². The van der Waals surface area contributed by atoms with Gasteiger partial charge >= 0.3 is 6.09 Å². The number of piperidine rings is 1. The Labute approximate surface area is 162 Å². The van der Waals surface area contributed by atoms with E-state index in [0.717, 1.165) is 0 Å². The maximum atomic E-state index is 12.9. The van der Waals surface area contributed by atoms with Crippen LogP contribution in [0.3, 0.4) is 0 Å². The monoisotopic (exact) mass is 392 g/mol. The van der Waals surface area contributed by atoms with Gasteiger partial charge in [-0.2, -0.15) is 0 Å². The second-order valence-corrected chi connectivity index (χ2v) is 6.69. The average molecular weight is 393 g/mol. The maximum absolute atomic E-state index is 12.9. The number of carbonyl (C=O) groups is 3. The van der Waals surface area contributed by atoms with Crippen LogP contribution in [0.15, 0.2) is 29.3 Å². The Morgan fingerprint density at radius 1 is 1.15 bits per heavy atom. The van der Waals surface area contributed by atoms with Gasteiger partial charge < -0.3 is 14.4 Å². The molecule has 7 nitrogen and oxygen atoms in total. The molecule has 0 saturated carbocycles. The van der Waals surface area contributed by atoms with Gasteiger partial charge in [-0.1, -0.05) is 23.7 Å². The van der Waals surface area contributed by atoms with E-state index < -0.39 is 11.8 Å². The fourth-order valence-electron chi connectivity index (χ4n) is 3.38. The smallest absolute Gasteiger partial charge is 0.409 e. The molecular weight excluding hydrogens is 372 g/mol.